The number of carbonyl (C=O) groups is 1. The third-order valence-electron chi connectivity index (χ3n) is 6.43. The first-order valence-corrected chi connectivity index (χ1v) is 14.2. The summed E-state index contributed by atoms with van der Waals surface area (Å²) in [5, 5.41) is 3.40. The summed E-state index contributed by atoms with van der Waals surface area (Å²) >= 11 is -2.10. The van der Waals surface area contributed by atoms with Crippen molar-refractivity contribution in [1.82, 2.24) is 9.88 Å². The van der Waals surface area contributed by atoms with Crippen molar-refractivity contribution in [2.45, 2.75) is 26.2 Å². The van der Waals surface area contributed by atoms with Gasteiger partial charge in [-0.2, -0.15) is 0 Å². The average molecular weight is 555 g/mol. The third-order valence-corrected chi connectivity index (χ3v) is 6.82. The van der Waals surface area contributed by atoms with Gasteiger partial charge >= 0.3 is 0 Å². The summed E-state index contributed by atoms with van der Waals surface area (Å²) in [7, 11) is 0. The maximum Gasteiger partial charge on any atom is 0.225 e. The van der Waals surface area contributed by atoms with Gasteiger partial charge in [-0.1, -0.05) is 72.8 Å². The summed E-state index contributed by atoms with van der Waals surface area (Å²) in [6.07, 6.45) is 2.03. The molecule has 40 heavy (non-hydrogen) atoms. The summed E-state index contributed by atoms with van der Waals surface area (Å²) in [5.41, 5.74) is 4.97. The van der Waals surface area contributed by atoms with Crippen LogP contribution in [0.25, 0.3) is 10.9 Å². The summed E-state index contributed by atoms with van der Waals surface area (Å²) in [4.78, 5) is 12.5. The third kappa shape index (κ3) is 7.37. The van der Waals surface area contributed by atoms with Crippen LogP contribution in [0.4, 0.5) is 0 Å². The summed E-state index contributed by atoms with van der Waals surface area (Å²) in [6.45, 7) is 1.49. The number of nitrogens with one attached hydrogen (secondary N) is 1. The fraction of sp³-hybridized carbons (Fsp3) is 0.156. The maximum absolute atomic E-state index is 12.5. The van der Waals surface area contributed by atoms with E-state index in [2.05, 4.69) is 9.88 Å². The van der Waals surface area contributed by atoms with Gasteiger partial charge in [0.25, 0.3) is 0 Å². The Morgan fingerprint density at radius 2 is 1.40 bits per heavy atom. The van der Waals surface area contributed by atoms with Gasteiger partial charge < -0.3 is 23.9 Å². The molecule has 0 bridgehead atoms. The van der Waals surface area contributed by atoms with Crippen LogP contribution in [0.3, 0.4) is 0 Å². The fourth-order valence-corrected chi connectivity index (χ4v) is 4.79. The van der Waals surface area contributed by atoms with Crippen molar-refractivity contribution < 1.29 is 23.0 Å². The quantitative estimate of drug-likeness (QED) is 0.194. The Kier molecular flexibility index (Phi) is 8.90. The molecule has 8 heteroatoms. The molecular weight excluding hydrogens is 524 g/mol. The van der Waals surface area contributed by atoms with Crippen molar-refractivity contribution in [3.63, 3.8) is 0 Å². The monoisotopic (exact) mass is 554 g/mol. The van der Waals surface area contributed by atoms with E-state index in [4.69, 9.17) is 14.0 Å². The predicted octanol–water partition coefficient (Wildman–Crippen LogP) is 5.69. The first-order valence-electron chi connectivity index (χ1n) is 12.9. The second-order valence-electron chi connectivity index (χ2n) is 9.40. The predicted molar refractivity (Wildman–Crippen MR) is 157 cm³/mol. The van der Waals surface area contributed by atoms with Crippen LogP contribution in [-0.2, 0) is 42.1 Å². The molecule has 0 radical (unpaired) electrons. The van der Waals surface area contributed by atoms with E-state index < -0.39 is 11.1 Å². The van der Waals surface area contributed by atoms with Gasteiger partial charge in [0, 0.05) is 23.6 Å². The maximum atomic E-state index is 12.5. The van der Waals surface area contributed by atoms with E-state index >= 15 is 0 Å². The molecule has 1 amide bonds. The number of benzene rings is 4. The Bertz CT molecular complexity index is 1600. The largest absolute Gasteiger partial charge is 0.489 e. The lowest BCUT2D eigenvalue weighted by Gasteiger charge is -2.10. The van der Waals surface area contributed by atoms with Crippen LogP contribution in [0.2, 0.25) is 0 Å². The lowest BCUT2D eigenvalue weighted by atomic mass is 10.1. The molecule has 1 heterocycles. The molecule has 204 valence electrons. The summed E-state index contributed by atoms with van der Waals surface area (Å²) in [5.74, 6) is 0.849. The minimum atomic E-state index is -2.10. The van der Waals surface area contributed by atoms with Crippen LogP contribution in [-0.4, -0.2) is 25.1 Å². The Hall–Kier alpha value is -4.40. The Morgan fingerprint density at radius 1 is 0.775 bits per heavy atom. The molecule has 0 aliphatic heterocycles. The summed E-state index contributed by atoms with van der Waals surface area (Å²) < 4.78 is 34.2. The van der Waals surface area contributed by atoms with Crippen molar-refractivity contribution in [3.8, 4) is 11.5 Å². The molecule has 0 aliphatic carbocycles. The second-order valence-corrected chi connectivity index (χ2v) is 10.3. The molecular formula is C32H30N2O5S. The van der Waals surface area contributed by atoms with Crippen LogP contribution < -0.4 is 14.8 Å². The first-order chi connectivity index (χ1) is 19.5. The van der Waals surface area contributed by atoms with E-state index in [0.29, 0.717) is 25.5 Å². The van der Waals surface area contributed by atoms with Gasteiger partial charge in [0.15, 0.2) is 11.1 Å². The van der Waals surface area contributed by atoms with Gasteiger partial charge in [0.1, 0.15) is 30.6 Å². The number of aromatic nitrogens is 1. The highest BCUT2D eigenvalue weighted by Gasteiger charge is 2.14. The van der Waals surface area contributed by atoms with E-state index in [1.165, 1.54) is 0 Å². The molecule has 5 aromatic rings. The highest BCUT2D eigenvalue weighted by Crippen LogP contribution is 2.28. The SMILES string of the molecule is O=C(Cc1cn(Cc2cccc(OCc3ccccc3)c2)c2ccc(OCc3ccccc3)cc12)NCS(=O)O. The smallest absolute Gasteiger partial charge is 0.225 e. The molecule has 1 atom stereocenters. The number of fused-ring (bicyclic) bond motifs is 1. The number of nitrogens with zero attached hydrogens (tertiary/aromatic N) is 1. The number of amides is 1. The van der Waals surface area contributed by atoms with E-state index in [9.17, 15) is 9.00 Å². The molecule has 2 N–H and O–H groups in total. The van der Waals surface area contributed by atoms with E-state index in [-0.39, 0.29) is 18.2 Å². The van der Waals surface area contributed by atoms with Crippen molar-refractivity contribution in [2.75, 3.05) is 5.88 Å². The van der Waals surface area contributed by atoms with E-state index in [1.54, 1.807) is 0 Å². The highest BCUT2D eigenvalue weighted by molar-refractivity contribution is 7.79. The van der Waals surface area contributed by atoms with Crippen molar-refractivity contribution in [2.24, 2.45) is 0 Å². The van der Waals surface area contributed by atoms with Crippen molar-refractivity contribution in [3.05, 3.63) is 132 Å². The fourth-order valence-electron chi connectivity index (χ4n) is 4.50. The van der Waals surface area contributed by atoms with Crippen LogP contribution in [0.1, 0.15) is 22.3 Å². The normalized spacial score (nSPS) is 11.7. The molecule has 0 saturated carbocycles. The molecule has 4 aromatic carbocycles. The van der Waals surface area contributed by atoms with Crippen LogP contribution in [0, 0.1) is 0 Å². The number of rotatable bonds is 12. The van der Waals surface area contributed by atoms with Crippen LogP contribution >= 0.6 is 0 Å². The lowest BCUT2D eigenvalue weighted by Crippen LogP contribution is -2.28. The molecule has 5 rings (SSSR count). The molecule has 1 unspecified atom stereocenters. The Morgan fingerprint density at radius 3 is 2.05 bits per heavy atom. The number of carbonyl (C=O) groups excluding carboxylic acids is 1. The molecule has 1 aromatic heterocycles. The number of hydrogen-bond donors (Lipinski definition) is 2. The topological polar surface area (TPSA) is 89.8 Å². The van der Waals surface area contributed by atoms with Crippen molar-refractivity contribution >= 4 is 27.9 Å². The summed E-state index contributed by atoms with van der Waals surface area (Å²) in [6, 6.07) is 33.8. The first kappa shape index (κ1) is 27.2. The van der Waals surface area contributed by atoms with E-state index in [1.807, 2.05) is 109 Å². The van der Waals surface area contributed by atoms with E-state index in [0.717, 1.165) is 38.9 Å². The van der Waals surface area contributed by atoms with Crippen LogP contribution in [0.15, 0.2) is 109 Å². The highest BCUT2D eigenvalue weighted by atomic mass is 32.2. The van der Waals surface area contributed by atoms with Gasteiger partial charge in [-0.15, -0.1) is 0 Å². The minimum Gasteiger partial charge on any atom is -0.489 e. The molecule has 0 spiro atoms. The minimum absolute atomic E-state index is 0.0725. The standard InChI is InChI=1S/C32H30N2O5S/c35-32(33-23-40(36)37)17-27-20-34(19-26-12-7-13-28(16-26)38-21-24-8-3-1-4-9-24)31-15-14-29(18-30(27)31)39-22-25-10-5-2-6-11-25/h1-16,18,20H,17,19,21-23H2,(H,33,35)(H,36,37). The van der Waals surface area contributed by atoms with Crippen LogP contribution in [0.5, 0.6) is 11.5 Å². The van der Waals surface area contributed by atoms with Gasteiger partial charge in [-0.25, -0.2) is 4.21 Å². The second kappa shape index (κ2) is 13.1. The molecule has 0 fully saturated rings. The zero-order valence-electron chi connectivity index (χ0n) is 21.9. The zero-order valence-corrected chi connectivity index (χ0v) is 22.7. The van der Waals surface area contributed by atoms with Gasteiger partial charge in [0.2, 0.25) is 5.91 Å². The number of ether oxygens (including phenoxy) is 2. The molecule has 0 aliphatic rings. The lowest BCUT2D eigenvalue weighted by molar-refractivity contribution is -0.120. The van der Waals surface area contributed by atoms with Gasteiger partial charge in [-0.3, -0.25) is 4.79 Å². The average Bonchev–Trinajstić information content (AvgIpc) is 3.31. The van der Waals surface area contributed by atoms with Crippen molar-refractivity contribution in [1.29, 1.82) is 0 Å². The Balaban J connectivity index is 1.37. The van der Waals surface area contributed by atoms with Gasteiger partial charge in [0.05, 0.1) is 6.42 Å². The Labute approximate surface area is 235 Å². The number of hydrogen-bond acceptors (Lipinski definition) is 4. The molecule has 0 saturated heterocycles. The molecule has 7 nitrogen and oxygen atoms in total. The zero-order chi connectivity index (χ0) is 27.7. The van der Waals surface area contributed by atoms with Gasteiger partial charge in [-0.05, 0) is 52.6 Å².